The normalized spacial score (nSPS) is 16.9. The number of fused-ring (bicyclic) bond motifs is 2. The molecule has 162 valence electrons. The lowest BCUT2D eigenvalue weighted by molar-refractivity contribution is 0.0697. The third-order valence-corrected chi connectivity index (χ3v) is 5.40. The molecule has 7 nitrogen and oxygen atoms in total. The summed E-state index contributed by atoms with van der Waals surface area (Å²) in [6.45, 7) is 1.54. The largest absolute Gasteiger partial charge is 0.478 e. The molecule has 0 aromatic heterocycles. The summed E-state index contributed by atoms with van der Waals surface area (Å²) in [4.78, 5) is 13.2. The highest BCUT2D eigenvalue weighted by molar-refractivity contribution is 5.88. The molecule has 0 saturated heterocycles. The minimum atomic E-state index is -0.950. The number of carboxylic acid groups (broad SMARTS) is 1. The molecule has 2 heterocycles. The van der Waals surface area contributed by atoms with Crippen LogP contribution in [0.3, 0.4) is 0 Å². The number of hydrogen-bond donors (Lipinski definition) is 4. The van der Waals surface area contributed by atoms with Gasteiger partial charge in [0.05, 0.1) is 34.4 Å². The highest BCUT2D eigenvalue weighted by Crippen LogP contribution is 2.42. The van der Waals surface area contributed by atoms with Crippen molar-refractivity contribution in [2.75, 3.05) is 44.6 Å². The van der Waals surface area contributed by atoms with E-state index in [-0.39, 0.29) is 17.4 Å². The van der Waals surface area contributed by atoms with Gasteiger partial charge in [0.2, 0.25) is 0 Å². The predicted molar refractivity (Wildman–Crippen MR) is 120 cm³/mol. The molecule has 2 aliphatic heterocycles. The fourth-order valence-corrected chi connectivity index (χ4v) is 3.85. The number of hydrogen-bond acceptors (Lipinski definition) is 6. The molecular formula is C23H26FN5O2. The number of benzene rings is 2. The fourth-order valence-electron chi connectivity index (χ4n) is 3.85. The van der Waals surface area contributed by atoms with E-state index in [9.17, 15) is 9.18 Å². The summed E-state index contributed by atoms with van der Waals surface area (Å²) in [5.41, 5.74) is 8.82. The van der Waals surface area contributed by atoms with Crippen molar-refractivity contribution in [3.05, 3.63) is 76.4 Å². The Balaban J connectivity index is 1.72. The van der Waals surface area contributed by atoms with E-state index in [0.717, 1.165) is 34.8 Å². The van der Waals surface area contributed by atoms with Crippen molar-refractivity contribution in [3.63, 3.8) is 0 Å². The lowest BCUT2D eigenvalue weighted by Crippen LogP contribution is -2.43. The summed E-state index contributed by atoms with van der Waals surface area (Å²) in [6, 6.07) is 9.71. The molecule has 0 radical (unpaired) electrons. The average molecular weight is 423 g/mol. The van der Waals surface area contributed by atoms with Gasteiger partial charge in [-0.1, -0.05) is 12.1 Å². The smallest absolute Gasteiger partial charge is 0.335 e. The maximum atomic E-state index is 14.2. The summed E-state index contributed by atoms with van der Waals surface area (Å²) in [5, 5.41) is 17.7. The molecule has 1 unspecified atom stereocenters. The second kappa shape index (κ2) is 8.41. The van der Waals surface area contributed by atoms with Crippen molar-refractivity contribution in [1.29, 1.82) is 0 Å². The van der Waals surface area contributed by atoms with E-state index < -0.39 is 5.97 Å². The lowest BCUT2D eigenvalue weighted by atomic mass is 10.0. The molecule has 2 aromatic rings. The molecule has 4 N–H and O–H groups in total. The van der Waals surface area contributed by atoms with E-state index >= 15 is 0 Å². The number of nitrogens with zero attached hydrogens (tertiary/aromatic N) is 2. The molecule has 8 heteroatoms. The van der Waals surface area contributed by atoms with Gasteiger partial charge in [-0.15, -0.1) is 0 Å². The number of halogens is 1. The third kappa shape index (κ3) is 4.12. The van der Waals surface area contributed by atoms with Crippen LogP contribution < -0.4 is 21.1 Å². The van der Waals surface area contributed by atoms with Gasteiger partial charge in [0.25, 0.3) is 0 Å². The second-order valence-corrected chi connectivity index (χ2v) is 7.85. The summed E-state index contributed by atoms with van der Waals surface area (Å²) < 4.78 is 14.2. The molecule has 31 heavy (non-hydrogen) atoms. The minimum absolute atomic E-state index is 0.126. The van der Waals surface area contributed by atoms with Crippen molar-refractivity contribution >= 4 is 23.4 Å². The fraction of sp³-hybridized carbons (Fsp3) is 0.261. The summed E-state index contributed by atoms with van der Waals surface area (Å²) in [7, 11) is 5.80. The number of aromatic carboxylic acids is 1. The first-order valence-corrected chi connectivity index (χ1v) is 10.1. The first-order chi connectivity index (χ1) is 14.9. The average Bonchev–Trinajstić information content (AvgIpc) is 3.16. The first-order valence-electron chi connectivity index (χ1n) is 10.1. The maximum absolute atomic E-state index is 14.2. The lowest BCUT2D eigenvalue weighted by Gasteiger charge is -2.34. The van der Waals surface area contributed by atoms with Crippen molar-refractivity contribution in [1.82, 2.24) is 15.6 Å². The zero-order valence-electron chi connectivity index (χ0n) is 17.7. The van der Waals surface area contributed by atoms with Crippen LogP contribution in [0.5, 0.6) is 0 Å². The molecule has 0 saturated carbocycles. The maximum Gasteiger partial charge on any atom is 0.335 e. The van der Waals surface area contributed by atoms with E-state index in [2.05, 4.69) is 27.0 Å². The van der Waals surface area contributed by atoms with Gasteiger partial charge in [-0.25, -0.2) is 14.6 Å². The number of likely N-dealkylation sites (N-methyl/N-ethyl adjacent to an activating group) is 1. The van der Waals surface area contributed by atoms with Crippen LogP contribution in [0.25, 0.3) is 6.08 Å². The van der Waals surface area contributed by atoms with Gasteiger partial charge in [0.1, 0.15) is 5.82 Å². The Kier molecular flexibility index (Phi) is 5.67. The Hall–Kier alpha value is -3.36. The predicted octanol–water partition coefficient (Wildman–Crippen LogP) is 3.02. The highest BCUT2D eigenvalue weighted by atomic mass is 19.1. The highest BCUT2D eigenvalue weighted by Gasteiger charge is 2.32. The number of nitrogens with one attached hydrogen (secondary N) is 3. The monoisotopic (exact) mass is 423 g/mol. The molecule has 0 fully saturated rings. The molecule has 4 rings (SSSR count). The zero-order chi connectivity index (χ0) is 22.1. The van der Waals surface area contributed by atoms with E-state index in [1.54, 1.807) is 19.2 Å². The van der Waals surface area contributed by atoms with E-state index in [0.29, 0.717) is 12.2 Å². The van der Waals surface area contributed by atoms with Crippen LogP contribution >= 0.6 is 0 Å². The Labute approximate surface area is 180 Å². The SMILES string of the molecule is CNc1cc(F)cc2c1N(NCCN(C)C)C1=CC(c3ccc(C(=O)O)cc3)NC1=C2. The van der Waals surface area contributed by atoms with E-state index in [1.165, 1.54) is 12.1 Å². The van der Waals surface area contributed by atoms with Gasteiger partial charge in [-0.2, -0.15) is 0 Å². The Morgan fingerprint density at radius 1 is 1.26 bits per heavy atom. The topological polar surface area (TPSA) is 79.9 Å². The molecule has 0 bridgehead atoms. The molecular weight excluding hydrogens is 397 g/mol. The summed E-state index contributed by atoms with van der Waals surface area (Å²) in [5.74, 6) is -1.26. The van der Waals surface area contributed by atoms with Crippen LogP contribution in [-0.2, 0) is 0 Å². The standard InChI is InChI=1S/C23H26FN5O2/c1-25-20-12-17(24)10-16-11-19-21(29(22(16)20)26-8-9-28(2)3)13-18(27-19)14-4-6-15(7-5-14)23(30)31/h4-7,10-13,18,25-27H,8-9H2,1-3H3,(H,30,31). The second-order valence-electron chi connectivity index (χ2n) is 7.85. The van der Waals surface area contributed by atoms with Crippen LogP contribution in [-0.4, -0.2) is 50.2 Å². The van der Waals surface area contributed by atoms with Crippen molar-refractivity contribution in [2.45, 2.75) is 6.04 Å². The van der Waals surface area contributed by atoms with Crippen molar-refractivity contribution < 1.29 is 14.3 Å². The van der Waals surface area contributed by atoms with Crippen LogP contribution in [0.4, 0.5) is 15.8 Å². The quantitative estimate of drug-likeness (QED) is 0.545. The van der Waals surface area contributed by atoms with Gasteiger partial charge in [-0.05, 0) is 56.1 Å². The van der Waals surface area contributed by atoms with Crippen LogP contribution in [0.1, 0.15) is 27.5 Å². The number of rotatable bonds is 7. The minimum Gasteiger partial charge on any atom is -0.478 e. The summed E-state index contributed by atoms with van der Waals surface area (Å²) in [6.07, 6.45) is 4.04. The van der Waals surface area contributed by atoms with Crippen LogP contribution in [0.2, 0.25) is 0 Å². The molecule has 0 spiro atoms. The summed E-state index contributed by atoms with van der Waals surface area (Å²) >= 11 is 0. The van der Waals surface area contributed by atoms with Gasteiger partial charge < -0.3 is 20.6 Å². The molecule has 2 aliphatic rings. The third-order valence-electron chi connectivity index (χ3n) is 5.40. The van der Waals surface area contributed by atoms with Crippen LogP contribution in [0, 0.1) is 5.82 Å². The molecule has 0 aliphatic carbocycles. The molecule has 1 atom stereocenters. The van der Waals surface area contributed by atoms with Gasteiger partial charge in [0, 0.05) is 25.7 Å². The Morgan fingerprint density at radius 3 is 2.65 bits per heavy atom. The molecule has 0 amide bonds. The van der Waals surface area contributed by atoms with Crippen molar-refractivity contribution in [2.24, 2.45) is 0 Å². The number of hydrazine groups is 1. The first kappa shape index (κ1) is 20.9. The Morgan fingerprint density at radius 2 is 2.00 bits per heavy atom. The number of anilines is 2. The zero-order valence-corrected chi connectivity index (χ0v) is 17.7. The number of carbonyl (C=O) groups is 1. The van der Waals surface area contributed by atoms with Crippen LogP contribution in [0.15, 0.2) is 53.9 Å². The van der Waals surface area contributed by atoms with Gasteiger partial charge >= 0.3 is 5.97 Å². The van der Waals surface area contributed by atoms with Crippen molar-refractivity contribution in [3.8, 4) is 0 Å². The van der Waals surface area contributed by atoms with Gasteiger partial charge in [0.15, 0.2) is 0 Å². The number of carboxylic acids is 1. The van der Waals surface area contributed by atoms with E-state index in [4.69, 9.17) is 5.11 Å². The molecule has 2 aromatic carbocycles. The van der Waals surface area contributed by atoms with E-state index in [1.807, 2.05) is 37.3 Å². The Bertz CT molecular complexity index is 1060. The van der Waals surface area contributed by atoms with Gasteiger partial charge in [-0.3, -0.25) is 5.01 Å².